The minimum Gasteiger partial charge on any atom is -0.478 e. The van der Waals surface area contributed by atoms with Gasteiger partial charge in [-0.1, -0.05) is 54.9 Å². The summed E-state index contributed by atoms with van der Waals surface area (Å²) in [5.74, 6) is 0.580. The van der Waals surface area contributed by atoms with E-state index in [1.165, 1.54) is 0 Å². The molecule has 4 aromatic rings. The molecule has 0 unspecified atom stereocenters. The SMILES string of the molecule is CC/C(=C(/c1ccc(OCCCC/C=C/C(=O)N(C)C)nc1)c1[nH]c2ncccc2c1Cl)c1ccccc1. The summed E-state index contributed by atoms with van der Waals surface area (Å²) in [5.41, 5.74) is 5.83. The number of carbonyl (C=O) groups excluding carboxylic acids is 1. The van der Waals surface area contributed by atoms with Crippen molar-refractivity contribution >= 4 is 39.7 Å². The van der Waals surface area contributed by atoms with Gasteiger partial charge in [0, 0.05) is 49.1 Å². The smallest absolute Gasteiger partial charge is 0.245 e. The van der Waals surface area contributed by atoms with Crippen LogP contribution in [0.2, 0.25) is 5.02 Å². The van der Waals surface area contributed by atoms with E-state index in [2.05, 4.69) is 34.0 Å². The molecule has 4 rings (SSSR count). The Labute approximate surface area is 229 Å². The van der Waals surface area contributed by atoms with Crippen LogP contribution in [0.15, 0.2) is 79.1 Å². The number of hydrogen-bond donors (Lipinski definition) is 1. The number of rotatable bonds is 11. The van der Waals surface area contributed by atoms with Gasteiger partial charge in [0.2, 0.25) is 11.8 Å². The number of fused-ring (bicyclic) bond motifs is 1. The minimum atomic E-state index is 0.00227. The molecule has 1 N–H and O–H groups in total. The van der Waals surface area contributed by atoms with E-state index in [9.17, 15) is 4.79 Å². The van der Waals surface area contributed by atoms with Gasteiger partial charge in [0.15, 0.2) is 0 Å². The van der Waals surface area contributed by atoms with Crippen LogP contribution >= 0.6 is 11.6 Å². The Morgan fingerprint density at radius 3 is 2.53 bits per heavy atom. The van der Waals surface area contributed by atoms with Crippen molar-refractivity contribution < 1.29 is 9.53 Å². The lowest BCUT2D eigenvalue weighted by Crippen LogP contribution is -2.18. The highest BCUT2D eigenvalue weighted by Crippen LogP contribution is 2.39. The monoisotopic (exact) mass is 528 g/mol. The lowest BCUT2D eigenvalue weighted by molar-refractivity contribution is -0.123. The fourth-order valence-corrected chi connectivity index (χ4v) is 4.58. The van der Waals surface area contributed by atoms with Crippen molar-refractivity contribution in [1.29, 1.82) is 0 Å². The van der Waals surface area contributed by atoms with E-state index in [4.69, 9.17) is 16.3 Å². The van der Waals surface area contributed by atoms with Crippen LogP contribution in [0.3, 0.4) is 0 Å². The first-order chi connectivity index (χ1) is 18.5. The van der Waals surface area contributed by atoms with E-state index in [1.807, 2.05) is 54.7 Å². The quantitative estimate of drug-likeness (QED) is 0.165. The summed E-state index contributed by atoms with van der Waals surface area (Å²) in [6, 6.07) is 18.1. The van der Waals surface area contributed by atoms with Crippen LogP contribution in [0.5, 0.6) is 5.88 Å². The number of allylic oxidation sites excluding steroid dienone is 2. The molecule has 7 heteroatoms. The zero-order valence-electron chi connectivity index (χ0n) is 22.1. The first-order valence-electron chi connectivity index (χ1n) is 12.9. The Morgan fingerprint density at radius 2 is 1.84 bits per heavy atom. The van der Waals surface area contributed by atoms with E-state index in [1.54, 1.807) is 31.3 Å². The number of likely N-dealkylation sites (N-methyl/N-ethyl adjacent to an activating group) is 1. The summed E-state index contributed by atoms with van der Waals surface area (Å²) in [6.45, 7) is 2.71. The van der Waals surface area contributed by atoms with Gasteiger partial charge in [-0.15, -0.1) is 0 Å². The number of carbonyl (C=O) groups is 1. The van der Waals surface area contributed by atoms with Crippen molar-refractivity contribution in [3.63, 3.8) is 0 Å². The number of ether oxygens (including phenoxy) is 1. The Balaban J connectivity index is 1.54. The molecule has 0 aliphatic carbocycles. The third kappa shape index (κ3) is 6.50. The number of hydrogen-bond acceptors (Lipinski definition) is 4. The molecular formula is C31H33ClN4O2. The van der Waals surface area contributed by atoms with Crippen LogP contribution < -0.4 is 4.74 Å². The third-order valence-corrected chi connectivity index (χ3v) is 6.67. The summed E-state index contributed by atoms with van der Waals surface area (Å²) in [5, 5.41) is 1.53. The van der Waals surface area contributed by atoms with Gasteiger partial charge >= 0.3 is 0 Å². The molecule has 3 heterocycles. The van der Waals surface area contributed by atoms with Crippen molar-refractivity contribution in [2.24, 2.45) is 0 Å². The molecule has 0 bridgehead atoms. The van der Waals surface area contributed by atoms with Crippen LogP contribution in [-0.2, 0) is 4.79 Å². The highest BCUT2D eigenvalue weighted by Gasteiger charge is 2.20. The maximum atomic E-state index is 11.6. The molecule has 0 fully saturated rings. The number of H-pyrrole nitrogens is 1. The second kappa shape index (κ2) is 13.1. The molecule has 38 heavy (non-hydrogen) atoms. The van der Waals surface area contributed by atoms with E-state index in [0.29, 0.717) is 17.5 Å². The summed E-state index contributed by atoms with van der Waals surface area (Å²) in [7, 11) is 3.49. The lowest BCUT2D eigenvalue weighted by atomic mass is 9.91. The number of benzene rings is 1. The highest BCUT2D eigenvalue weighted by atomic mass is 35.5. The third-order valence-electron chi connectivity index (χ3n) is 6.28. The molecule has 3 aromatic heterocycles. The molecule has 1 aromatic carbocycles. The highest BCUT2D eigenvalue weighted by molar-refractivity contribution is 6.37. The molecule has 0 radical (unpaired) electrons. The standard InChI is InChI=1S/C31H33ClN4O2/c1-4-24(22-13-8-7-9-14-22)28(30-29(32)25-15-12-19-33-31(25)35-30)23-17-18-26(34-21-23)38-20-11-6-5-10-16-27(37)36(2)3/h7-10,12-19,21H,4-6,11,20H2,1-3H3,(H,33,35)/b16-10+,28-24+. The van der Waals surface area contributed by atoms with Gasteiger partial charge in [-0.25, -0.2) is 9.97 Å². The van der Waals surface area contributed by atoms with Gasteiger partial charge in [0.1, 0.15) is 5.65 Å². The van der Waals surface area contributed by atoms with Crippen molar-refractivity contribution in [3.8, 4) is 5.88 Å². The Morgan fingerprint density at radius 1 is 1.03 bits per heavy atom. The second-order valence-corrected chi connectivity index (χ2v) is 9.53. The average Bonchev–Trinajstić information content (AvgIpc) is 3.27. The minimum absolute atomic E-state index is 0.00227. The Hall–Kier alpha value is -3.90. The molecule has 6 nitrogen and oxygen atoms in total. The molecule has 0 spiro atoms. The molecule has 0 atom stereocenters. The topological polar surface area (TPSA) is 71.1 Å². The lowest BCUT2D eigenvalue weighted by Gasteiger charge is -2.15. The second-order valence-electron chi connectivity index (χ2n) is 9.15. The molecule has 0 aliphatic heterocycles. The number of aromatic amines is 1. The Kier molecular flexibility index (Phi) is 9.33. The van der Waals surface area contributed by atoms with E-state index < -0.39 is 0 Å². The fraction of sp³-hybridized carbons (Fsp3) is 0.258. The average molecular weight is 529 g/mol. The van der Waals surface area contributed by atoms with Crippen LogP contribution in [0, 0.1) is 0 Å². The normalized spacial score (nSPS) is 12.1. The van der Waals surface area contributed by atoms with Crippen LogP contribution in [-0.4, -0.2) is 46.5 Å². The largest absolute Gasteiger partial charge is 0.478 e. The van der Waals surface area contributed by atoms with Gasteiger partial charge in [0.25, 0.3) is 0 Å². The maximum absolute atomic E-state index is 11.6. The zero-order chi connectivity index (χ0) is 26.9. The summed E-state index contributed by atoms with van der Waals surface area (Å²) >= 11 is 6.90. The number of nitrogens with zero attached hydrogens (tertiary/aromatic N) is 3. The van der Waals surface area contributed by atoms with Crippen molar-refractivity contribution in [1.82, 2.24) is 19.9 Å². The maximum Gasteiger partial charge on any atom is 0.245 e. The van der Waals surface area contributed by atoms with Crippen molar-refractivity contribution in [2.75, 3.05) is 20.7 Å². The predicted molar refractivity (Wildman–Crippen MR) is 155 cm³/mol. The molecule has 0 aliphatic rings. The summed E-state index contributed by atoms with van der Waals surface area (Å²) in [6.07, 6.45) is 10.6. The van der Waals surface area contributed by atoms with Crippen LogP contribution in [0.1, 0.15) is 49.4 Å². The first-order valence-corrected chi connectivity index (χ1v) is 13.3. The van der Waals surface area contributed by atoms with E-state index >= 15 is 0 Å². The molecule has 0 saturated heterocycles. The summed E-state index contributed by atoms with van der Waals surface area (Å²) < 4.78 is 5.89. The van der Waals surface area contributed by atoms with Gasteiger partial charge in [-0.05, 0) is 61.1 Å². The summed E-state index contributed by atoms with van der Waals surface area (Å²) in [4.78, 5) is 25.6. The molecular weight excluding hydrogens is 496 g/mol. The number of aromatic nitrogens is 3. The fourth-order valence-electron chi connectivity index (χ4n) is 4.28. The first kappa shape index (κ1) is 27.1. The molecule has 1 amide bonds. The van der Waals surface area contributed by atoms with Gasteiger partial charge in [-0.3, -0.25) is 4.79 Å². The van der Waals surface area contributed by atoms with Gasteiger partial charge < -0.3 is 14.6 Å². The van der Waals surface area contributed by atoms with Crippen LogP contribution in [0.25, 0.3) is 22.2 Å². The van der Waals surface area contributed by atoms with Gasteiger partial charge in [0.05, 0.1) is 17.3 Å². The molecule has 0 saturated carbocycles. The van der Waals surface area contributed by atoms with Crippen molar-refractivity contribution in [3.05, 3.63) is 101 Å². The number of pyridine rings is 2. The number of amides is 1. The van der Waals surface area contributed by atoms with E-state index in [0.717, 1.165) is 64.7 Å². The number of halogens is 1. The van der Waals surface area contributed by atoms with Gasteiger partial charge in [-0.2, -0.15) is 0 Å². The number of unbranched alkanes of at least 4 members (excludes halogenated alkanes) is 2. The molecule has 196 valence electrons. The Bertz CT molecular complexity index is 1420. The predicted octanol–water partition coefficient (Wildman–Crippen LogP) is 7.17. The van der Waals surface area contributed by atoms with Crippen molar-refractivity contribution in [2.45, 2.75) is 32.6 Å². The number of nitrogens with one attached hydrogen (secondary N) is 1. The zero-order valence-corrected chi connectivity index (χ0v) is 22.8. The van der Waals surface area contributed by atoms with E-state index in [-0.39, 0.29) is 5.91 Å². The van der Waals surface area contributed by atoms with Crippen LogP contribution in [0.4, 0.5) is 0 Å².